The maximum atomic E-state index is 12.1. The van der Waals surface area contributed by atoms with Gasteiger partial charge < -0.3 is 16.4 Å². The number of carbonyl (C=O) groups excluding carboxylic acids is 1. The normalized spacial score (nSPS) is 10.4. The molecule has 6 nitrogen and oxygen atoms in total. The Labute approximate surface area is 127 Å². The molecule has 0 atom stereocenters. The van der Waals surface area contributed by atoms with Crippen LogP contribution in [0.3, 0.4) is 0 Å². The van der Waals surface area contributed by atoms with E-state index in [1.165, 1.54) is 11.3 Å². The topological polar surface area (TPSA) is 92.9 Å². The van der Waals surface area contributed by atoms with E-state index in [0.717, 1.165) is 24.2 Å². The average molecular weight is 305 g/mol. The van der Waals surface area contributed by atoms with E-state index in [9.17, 15) is 4.79 Å². The molecule has 0 saturated heterocycles. The third-order valence-corrected chi connectivity index (χ3v) is 3.84. The molecule has 2 rings (SSSR count). The van der Waals surface area contributed by atoms with Crippen molar-refractivity contribution in [1.29, 1.82) is 0 Å². The van der Waals surface area contributed by atoms with Crippen molar-refractivity contribution < 1.29 is 4.79 Å². The van der Waals surface area contributed by atoms with Gasteiger partial charge in [0.1, 0.15) is 10.7 Å². The molecule has 0 fully saturated rings. The predicted octanol–water partition coefficient (Wildman–Crippen LogP) is 2.18. The fourth-order valence-corrected chi connectivity index (χ4v) is 2.49. The van der Waals surface area contributed by atoms with Gasteiger partial charge in [0.2, 0.25) is 0 Å². The second kappa shape index (κ2) is 7.03. The first kappa shape index (κ1) is 15.2. The van der Waals surface area contributed by atoms with Gasteiger partial charge in [-0.1, -0.05) is 24.3 Å². The zero-order chi connectivity index (χ0) is 15.2. The molecule has 2 heterocycles. The maximum Gasteiger partial charge on any atom is 0.265 e. The lowest BCUT2D eigenvalue weighted by atomic mass is 10.2. The number of nitrogens with two attached hydrogens (primary N) is 1. The number of thiazole rings is 1. The molecule has 0 aliphatic heterocycles. The van der Waals surface area contributed by atoms with Gasteiger partial charge in [-0.25, -0.2) is 4.98 Å². The molecule has 0 unspecified atom stereocenters. The standard InChI is InChI=1S/C14H19N5OS/c1-3-6-16-14-19-12(15)11(21-14)13(20)18-8-10-5-4-9(2)17-7-10/h4-5,7H,3,6,8,15H2,1-2H3,(H,16,19)(H,18,20). The lowest BCUT2D eigenvalue weighted by Crippen LogP contribution is -2.22. The molecule has 0 aromatic carbocycles. The highest BCUT2D eigenvalue weighted by Gasteiger charge is 2.15. The fraction of sp³-hybridized carbons (Fsp3) is 0.357. The Morgan fingerprint density at radius 2 is 2.24 bits per heavy atom. The Bertz CT molecular complexity index is 608. The quantitative estimate of drug-likeness (QED) is 0.760. The summed E-state index contributed by atoms with van der Waals surface area (Å²) >= 11 is 1.27. The summed E-state index contributed by atoms with van der Waals surface area (Å²) in [5, 5.41) is 6.63. The number of carbonyl (C=O) groups is 1. The van der Waals surface area contributed by atoms with Crippen LogP contribution in [0.2, 0.25) is 0 Å². The molecule has 1 amide bonds. The second-order valence-corrected chi connectivity index (χ2v) is 5.65. The monoisotopic (exact) mass is 305 g/mol. The molecule has 7 heteroatoms. The summed E-state index contributed by atoms with van der Waals surface area (Å²) in [5.41, 5.74) is 7.68. The molecule has 2 aromatic rings. The minimum atomic E-state index is -0.213. The number of anilines is 2. The first-order valence-corrected chi connectivity index (χ1v) is 7.61. The van der Waals surface area contributed by atoms with Crippen LogP contribution in [0.5, 0.6) is 0 Å². The molecular formula is C14H19N5OS. The SMILES string of the molecule is CCCNc1nc(N)c(C(=O)NCc2ccc(C)nc2)s1. The Hall–Kier alpha value is -2.15. The highest BCUT2D eigenvalue weighted by Crippen LogP contribution is 2.24. The van der Waals surface area contributed by atoms with Crippen molar-refractivity contribution in [3.63, 3.8) is 0 Å². The van der Waals surface area contributed by atoms with E-state index < -0.39 is 0 Å². The highest BCUT2D eigenvalue weighted by molar-refractivity contribution is 7.18. The summed E-state index contributed by atoms with van der Waals surface area (Å²) in [6.45, 7) is 5.21. The van der Waals surface area contributed by atoms with Crippen LogP contribution in [-0.4, -0.2) is 22.4 Å². The fourth-order valence-electron chi connectivity index (χ4n) is 1.67. The van der Waals surface area contributed by atoms with Gasteiger partial charge in [0, 0.05) is 25.0 Å². The predicted molar refractivity (Wildman–Crippen MR) is 85.5 cm³/mol. The summed E-state index contributed by atoms with van der Waals surface area (Å²) in [5.74, 6) is 0.0493. The van der Waals surface area contributed by atoms with Crippen molar-refractivity contribution in [1.82, 2.24) is 15.3 Å². The van der Waals surface area contributed by atoms with Crippen molar-refractivity contribution >= 4 is 28.2 Å². The minimum Gasteiger partial charge on any atom is -0.382 e. The van der Waals surface area contributed by atoms with Crippen molar-refractivity contribution in [2.75, 3.05) is 17.6 Å². The smallest absolute Gasteiger partial charge is 0.265 e. The van der Waals surface area contributed by atoms with Crippen LogP contribution in [0.4, 0.5) is 10.9 Å². The molecule has 0 spiro atoms. The summed E-state index contributed by atoms with van der Waals surface area (Å²) < 4.78 is 0. The Morgan fingerprint density at radius 1 is 1.43 bits per heavy atom. The number of hydrogen-bond donors (Lipinski definition) is 3. The van der Waals surface area contributed by atoms with E-state index >= 15 is 0 Å². The molecule has 21 heavy (non-hydrogen) atoms. The summed E-state index contributed by atoms with van der Waals surface area (Å²) in [7, 11) is 0. The van der Waals surface area contributed by atoms with Crippen molar-refractivity contribution in [2.24, 2.45) is 0 Å². The number of rotatable bonds is 6. The number of nitrogen functional groups attached to an aromatic ring is 1. The number of pyridine rings is 1. The summed E-state index contributed by atoms with van der Waals surface area (Å²) in [6.07, 6.45) is 2.74. The maximum absolute atomic E-state index is 12.1. The van der Waals surface area contributed by atoms with Crippen LogP contribution in [0.1, 0.15) is 34.3 Å². The van der Waals surface area contributed by atoms with E-state index in [-0.39, 0.29) is 11.7 Å². The van der Waals surface area contributed by atoms with Gasteiger partial charge in [-0.2, -0.15) is 0 Å². The molecule has 4 N–H and O–H groups in total. The van der Waals surface area contributed by atoms with E-state index in [4.69, 9.17) is 5.73 Å². The van der Waals surface area contributed by atoms with Crippen molar-refractivity contribution in [2.45, 2.75) is 26.8 Å². The van der Waals surface area contributed by atoms with Crippen molar-refractivity contribution in [3.05, 3.63) is 34.5 Å². The molecule has 0 bridgehead atoms. The van der Waals surface area contributed by atoms with Gasteiger partial charge in [-0.3, -0.25) is 9.78 Å². The number of hydrogen-bond acceptors (Lipinski definition) is 6. The molecule has 0 radical (unpaired) electrons. The minimum absolute atomic E-state index is 0.213. The van der Waals surface area contributed by atoms with Gasteiger partial charge >= 0.3 is 0 Å². The van der Waals surface area contributed by atoms with E-state index in [1.54, 1.807) is 6.20 Å². The molecule has 0 saturated carbocycles. The molecular weight excluding hydrogens is 286 g/mol. The lowest BCUT2D eigenvalue weighted by molar-refractivity contribution is 0.0955. The first-order chi connectivity index (χ1) is 10.1. The van der Waals surface area contributed by atoms with E-state index in [1.807, 2.05) is 19.1 Å². The number of aromatic nitrogens is 2. The van der Waals surface area contributed by atoms with Gasteiger partial charge in [0.25, 0.3) is 5.91 Å². The Morgan fingerprint density at radius 3 is 2.90 bits per heavy atom. The molecule has 112 valence electrons. The van der Waals surface area contributed by atoms with Gasteiger partial charge in [0.15, 0.2) is 5.13 Å². The average Bonchev–Trinajstić information content (AvgIpc) is 2.85. The lowest BCUT2D eigenvalue weighted by Gasteiger charge is -2.04. The third-order valence-electron chi connectivity index (χ3n) is 2.81. The van der Waals surface area contributed by atoms with Crippen molar-refractivity contribution in [3.8, 4) is 0 Å². The number of amides is 1. The van der Waals surface area contributed by atoms with Gasteiger partial charge in [-0.05, 0) is 25.0 Å². The molecule has 2 aromatic heterocycles. The van der Waals surface area contributed by atoms with Crippen LogP contribution in [0.25, 0.3) is 0 Å². The number of nitrogens with one attached hydrogen (secondary N) is 2. The molecule has 0 aliphatic rings. The van der Waals surface area contributed by atoms with E-state index in [0.29, 0.717) is 16.6 Å². The third kappa shape index (κ3) is 4.16. The van der Waals surface area contributed by atoms with Crippen LogP contribution in [-0.2, 0) is 6.54 Å². The first-order valence-electron chi connectivity index (χ1n) is 6.80. The highest BCUT2D eigenvalue weighted by atomic mass is 32.1. The van der Waals surface area contributed by atoms with Gasteiger partial charge in [0.05, 0.1) is 0 Å². The van der Waals surface area contributed by atoms with Gasteiger partial charge in [-0.15, -0.1) is 0 Å². The summed E-state index contributed by atoms with van der Waals surface area (Å²) in [6, 6.07) is 3.85. The van der Waals surface area contributed by atoms with Crippen LogP contribution in [0.15, 0.2) is 18.3 Å². The van der Waals surface area contributed by atoms with Crippen LogP contribution in [0, 0.1) is 6.92 Å². The zero-order valence-electron chi connectivity index (χ0n) is 12.1. The Kier molecular flexibility index (Phi) is 5.10. The Balaban J connectivity index is 1.96. The largest absolute Gasteiger partial charge is 0.382 e. The van der Waals surface area contributed by atoms with E-state index in [2.05, 4.69) is 27.5 Å². The number of aryl methyl sites for hydroxylation is 1. The molecule has 0 aliphatic carbocycles. The van der Waals surface area contributed by atoms with Crippen LogP contribution < -0.4 is 16.4 Å². The zero-order valence-corrected chi connectivity index (χ0v) is 13.0. The number of nitrogens with zero attached hydrogens (tertiary/aromatic N) is 2. The summed E-state index contributed by atoms with van der Waals surface area (Å²) in [4.78, 5) is 20.9. The van der Waals surface area contributed by atoms with Crippen LogP contribution >= 0.6 is 11.3 Å². The second-order valence-electron chi connectivity index (χ2n) is 4.65.